The van der Waals surface area contributed by atoms with Crippen molar-refractivity contribution in [2.24, 2.45) is 0 Å². The Balaban J connectivity index is 2.13. The Morgan fingerprint density at radius 3 is 2.62 bits per heavy atom. The summed E-state index contributed by atoms with van der Waals surface area (Å²) in [6.45, 7) is 2.88. The number of rotatable bonds is 9. The third-order valence-electron chi connectivity index (χ3n) is 3.95. The Morgan fingerprint density at radius 2 is 1.83 bits per heavy atom. The summed E-state index contributed by atoms with van der Waals surface area (Å²) >= 11 is 0. The molecular weight excluding hydrogens is 300 g/mol. The molecule has 2 rings (SSSR count). The lowest BCUT2D eigenvalue weighted by molar-refractivity contribution is -0.139. The summed E-state index contributed by atoms with van der Waals surface area (Å²) in [5.74, 6) is -0.290. The van der Waals surface area contributed by atoms with E-state index >= 15 is 0 Å². The molecule has 0 fully saturated rings. The van der Waals surface area contributed by atoms with Gasteiger partial charge in [0.2, 0.25) is 0 Å². The van der Waals surface area contributed by atoms with Crippen LogP contribution < -0.4 is 0 Å². The Morgan fingerprint density at radius 1 is 1.04 bits per heavy atom. The average Bonchev–Trinajstić information content (AvgIpc) is 2.61. The van der Waals surface area contributed by atoms with Crippen molar-refractivity contribution in [1.29, 1.82) is 0 Å². The van der Waals surface area contributed by atoms with Crippen molar-refractivity contribution in [2.45, 2.75) is 32.6 Å². The Hall–Kier alpha value is -2.13. The molecule has 3 heteroatoms. The van der Waals surface area contributed by atoms with Gasteiger partial charge >= 0.3 is 5.97 Å². The third-order valence-corrected chi connectivity index (χ3v) is 3.95. The van der Waals surface area contributed by atoms with E-state index in [1.54, 1.807) is 7.11 Å². The third kappa shape index (κ3) is 5.20. The molecule has 0 spiro atoms. The summed E-state index contributed by atoms with van der Waals surface area (Å²) < 4.78 is 10.6. The van der Waals surface area contributed by atoms with Crippen molar-refractivity contribution in [3.63, 3.8) is 0 Å². The molecule has 0 unspecified atom stereocenters. The highest BCUT2D eigenvalue weighted by Gasteiger charge is 2.12. The Kier molecular flexibility index (Phi) is 7.50. The van der Waals surface area contributed by atoms with Crippen LogP contribution in [0, 0.1) is 0 Å². The molecule has 24 heavy (non-hydrogen) atoms. The van der Waals surface area contributed by atoms with Crippen molar-refractivity contribution in [3.05, 3.63) is 53.6 Å². The molecule has 2 aromatic rings. The van der Waals surface area contributed by atoms with Gasteiger partial charge in [-0.05, 0) is 28.8 Å². The molecule has 0 aliphatic carbocycles. The molecule has 128 valence electrons. The van der Waals surface area contributed by atoms with Gasteiger partial charge in [0.1, 0.15) is 0 Å². The van der Waals surface area contributed by atoms with Crippen molar-refractivity contribution in [1.82, 2.24) is 0 Å². The number of unbranched alkanes of at least 4 members (excludes halogenated alkanes) is 3. The smallest absolute Gasteiger partial charge is 0.336 e. The molecule has 0 saturated heterocycles. The zero-order valence-corrected chi connectivity index (χ0v) is 14.6. The minimum absolute atomic E-state index is 0.247. The molecule has 0 saturated carbocycles. The van der Waals surface area contributed by atoms with Crippen LogP contribution in [0.15, 0.2) is 48.0 Å². The van der Waals surface area contributed by atoms with Crippen molar-refractivity contribution >= 4 is 22.8 Å². The molecule has 2 aromatic carbocycles. The summed E-state index contributed by atoms with van der Waals surface area (Å²) in [6.07, 6.45) is 6.23. The van der Waals surface area contributed by atoms with Crippen LogP contribution >= 0.6 is 0 Å². The van der Waals surface area contributed by atoms with E-state index in [1.807, 2.05) is 30.3 Å². The highest BCUT2D eigenvalue weighted by Crippen LogP contribution is 2.21. The molecule has 0 heterocycles. The van der Waals surface area contributed by atoms with Crippen LogP contribution in [0.4, 0.5) is 0 Å². The van der Waals surface area contributed by atoms with E-state index in [4.69, 9.17) is 9.47 Å². The number of hydrogen-bond acceptors (Lipinski definition) is 3. The number of hydrogen-bond donors (Lipinski definition) is 0. The van der Waals surface area contributed by atoms with Crippen LogP contribution in [0.3, 0.4) is 0 Å². The molecule has 0 aromatic heterocycles. The highest BCUT2D eigenvalue weighted by molar-refractivity contribution is 5.98. The number of esters is 1. The second-order valence-corrected chi connectivity index (χ2v) is 5.87. The van der Waals surface area contributed by atoms with E-state index in [2.05, 4.69) is 25.1 Å². The first-order valence-corrected chi connectivity index (χ1v) is 8.60. The van der Waals surface area contributed by atoms with Gasteiger partial charge in [0.05, 0.1) is 18.8 Å². The van der Waals surface area contributed by atoms with E-state index < -0.39 is 0 Å². The van der Waals surface area contributed by atoms with Crippen LogP contribution in [0.1, 0.15) is 38.2 Å². The molecule has 0 amide bonds. The predicted molar refractivity (Wildman–Crippen MR) is 98.9 cm³/mol. The van der Waals surface area contributed by atoms with Gasteiger partial charge in [-0.3, -0.25) is 0 Å². The number of carbonyl (C=O) groups is 1. The van der Waals surface area contributed by atoms with Gasteiger partial charge in [0.15, 0.2) is 0 Å². The first kappa shape index (κ1) is 18.2. The first-order chi connectivity index (χ1) is 11.8. The van der Waals surface area contributed by atoms with Crippen LogP contribution in [-0.4, -0.2) is 26.3 Å². The van der Waals surface area contributed by atoms with Gasteiger partial charge in [-0.25, -0.2) is 4.79 Å². The lowest BCUT2D eigenvalue weighted by Crippen LogP contribution is -2.13. The number of benzene rings is 2. The maximum atomic E-state index is 12.3. The van der Waals surface area contributed by atoms with Gasteiger partial charge in [-0.2, -0.15) is 0 Å². The molecule has 0 bridgehead atoms. The van der Waals surface area contributed by atoms with Gasteiger partial charge in [-0.15, -0.1) is 0 Å². The minimum atomic E-state index is -0.290. The maximum Gasteiger partial charge on any atom is 0.336 e. The molecule has 3 nitrogen and oxygen atoms in total. The van der Waals surface area contributed by atoms with Crippen LogP contribution in [0.2, 0.25) is 0 Å². The fourth-order valence-corrected chi connectivity index (χ4v) is 2.67. The summed E-state index contributed by atoms with van der Waals surface area (Å²) in [6, 6.07) is 14.2. The Bertz CT molecular complexity index is 683. The number of ether oxygens (including phenoxy) is 2. The average molecular weight is 326 g/mol. The van der Waals surface area contributed by atoms with Crippen LogP contribution in [-0.2, 0) is 14.3 Å². The highest BCUT2D eigenvalue weighted by atomic mass is 16.5. The number of carbonyl (C=O) groups excluding carboxylic acids is 1. The van der Waals surface area contributed by atoms with Crippen LogP contribution in [0.5, 0.6) is 0 Å². The maximum absolute atomic E-state index is 12.3. The van der Waals surface area contributed by atoms with Crippen molar-refractivity contribution < 1.29 is 14.3 Å². The van der Waals surface area contributed by atoms with Gasteiger partial charge in [-0.1, -0.05) is 68.7 Å². The molecule has 0 N–H and O–H groups in total. The fourth-order valence-electron chi connectivity index (χ4n) is 2.67. The molecular formula is C21H26O3. The van der Waals surface area contributed by atoms with E-state index in [-0.39, 0.29) is 12.6 Å². The molecule has 0 radical (unpaired) electrons. The van der Waals surface area contributed by atoms with Crippen molar-refractivity contribution in [2.75, 3.05) is 20.3 Å². The first-order valence-electron chi connectivity index (χ1n) is 8.60. The normalized spacial score (nSPS) is 11.7. The Labute approximate surface area is 144 Å². The SMILES string of the molecule is CCCCCCOC(=O)C(=Cc1cccc2ccccc12)COC. The van der Waals surface area contributed by atoms with Crippen LogP contribution in [0.25, 0.3) is 16.8 Å². The number of methoxy groups -OCH3 is 1. The summed E-state index contributed by atoms with van der Waals surface area (Å²) in [4.78, 5) is 12.3. The second kappa shape index (κ2) is 9.89. The largest absolute Gasteiger partial charge is 0.462 e. The fraction of sp³-hybridized carbons (Fsp3) is 0.381. The van der Waals surface area contributed by atoms with E-state index in [1.165, 1.54) is 12.8 Å². The molecule has 0 aliphatic rings. The summed E-state index contributed by atoms with van der Waals surface area (Å²) in [7, 11) is 1.59. The minimum Gasteiger partial charge on any atom is -0.462 e. The lowest BCUT2D eigenvalue weighted by Gasteiger charge is -2.09. The lowest BCUT2D eigenvalue weighted by atomic mass is 10.0. The van der Waals surface area contributed by atoms with E-state index in [9.17, 15) is 4.79 Å². The molecule has 0 aliphatic heterocycles. The zero-order valence-electron chi connectivity index (χ0n) is 14.6. The predicted octanol–water partition coefficient (Wildman–Crippen LogP) is 4.99. The quantitative estimate of drug-likeness (QED) is 0.370. The topological polar surface area (TPSA) is 35.5 Å². The zero-order chi connectivity index (χ0) is 17.2. The van der Waals surface area contributed by atoms with E-state index in [0.29, 0.717) is 12.2 Å². The van der Waals surface area contributed by atoms with E-state index in [0.717, 1.165) is 29.2 Å². The van der Waals surface area contributed by atoms with Gasteiger partial charge in [0, 0.05) is 7.11 Å². The summed E-state index contributed by atoms with van der Waals surface area (Å²) in [5, 5.41) is 2.26. The van der Waals surface area contributed by atoms with Gasteiger partial charge < -0.3 is 9.47 Å². The standard InChI is InChI=1S/C21H26O3/c1-3-4-5-8-14-24-21(22)19(16-23-2)15-18-12-9-11-17-10-6-7-13-20(17)18/h6-7,9-13,15H,3-5,8,14,16H2,1-2H3. The molecule has 0 atom stereocenters. The van der Waals surface area contributed by atoms with Crippen molar-refractivity contribution in [3.8, 4) is 0 Å². The second-order valence-electron chi connectivity index (χ2n) is 5.87. The van der Waals surface area contributed by atoms with Gasteiger partial charge in [0.25, 0.3) is 0 Å². The monoisotopic (exact) mass is 326 g/mol. The number of fused-ring (bicyclic) bond motifs is 1. The summed E-state index contributed by atoms with van der Waals surface area (Å²) in [5.41, 5.74) is 1.55.